The predicted octanol–water partition coefficient (Wildman–Crippen LogP) is 11.4. The molecule has 2 heterocycles. The molecule has 0 saturated heterocycles. The minimum atomic E-state index is -0.248. The van der Waals surface area contributed by atoms with E-state index in [1.807, 2.05) is 36.4 Å². The fourth-order valence-corrected chi connectivity index (χ4v) is 6.46. The number of para-hydroxylation sites is 1. The Morgan fingerprint density at radius 1 is 0.511 bits per heavy atom. The first-order valence-corrected chi connectivity index (χ1v) is 15.2. The van der Waals surface area contributed by atoms with Crippen LogP contribution in [-0.2, 0) is 0 Å². The van der Waals surface area contributed by atoms with Gasteiger partial charge in [-0.3, -0.25) is 0 Å². The zero-order valence-electron chi connectivity index (χ0n) is 24.4. The lowest BCUT2D eigenvalue weighted by Gasteiger charge is -2.25. The van der Waals surface area contributed by atoms with Crippen molar-refractivity contribution in [1.29, 1.82) is 0 Å². The zero-order chi connectivity index (χ0) is 29.7. The molecule has 8 aromatic rings. The molecule has 7 aromatic carbocycles. The minimum absolute atomic E-state index is 0.248. The van der Waals surface area contributed by atoms with E-state index in [2.05, 4.69) is 132 Å². The molecule has 0 saturated carbocycles. The van der Waals surface area contributed by atoms with Crippen LogP contribution < -0.4 is 15.0 Å². The minimum Gasteiger partial charge on any atom is -0.464 e. The quantitative estimate of drug-likeness (QED) is 0.220. The van der Waals surface area contributed by atoms with Crippen LogP contribution in [0.5, 0.6) is 5.75 Å². The smallest absolute Gasteiger partial charge is 0.196 e. The molecule has 9 rings (SSSR count). The lowest BCUT2D eigenvalue weighted by molar-refractivity contribution is 0.263. The highest BCUT2D eigenvalue weighted by molar-refractivity contribution is 6.12. The number of benzene rings is 7. The van der Waals surface area contributed by atoms with Gasteiger partial charge in [0.25, 0.3) is 0 Å². The summed E-state index contributed by atoms with van der Waals surface area (Å²) >= 11 is 0. The van der Waals surface area contributed by atoms with Crippen LogP contribution in [0.3, 0.4) is 0 Å². The Hall–Kier alpha value is -6.00. The van der Waals surface area contributed by atoms with E-state index in [0.717, 1.165) is 56.0 Å². The summed E-state index contributed by atoms with van der Waals surface area (Å²) < 4.78 is 12.9. The van der Waals surface area contributed by atoms with Crippen LogP contribution in [-0.4, -0.2) is 0 Å². The van der Waals surface area contributed by atoms with Gasteiger partial charge < -0.3 is 19.4 Å². The van der Waals surface area contributed by atoms with Crippen molar-refractivity contribution in [3.05, 3.63) is 163 Å². The molecule has 214 valence electrons. The lowest BCUT2D eigenvalue weighted by atomic mass is 10.0. The maximum Gasteiger partial charge on any atom is 0.196 e. The highest BCUT2D eigenvalue weighted by Gasteiger charge is 2.28. The molecule has 0 radical (unpaired) electrons. The van der Waals surface area contributed by atoms with Crippen molar-refractivity contribution in [2.75, 3.05) is 10.2 Å². The summed E-state index contributed by atoms with van der Waals surface area (Å²) in [7, 11) is 0. The molecule has 1 aromatic heterocycles. The number of anilines is 4. The van der Waals surface area contributed by atoms with E-state index < -0.39 is 0 Å². The highest BCUT2D eigenvalue weighted by atomic mass is 16.5. The predicted molar refractivity (Wildman–Crippen MR) is 185 cm³/mol. The normalized spacial score (nSPS) is 13.9. The summed E-state index contributed by atoms with van der Waals surface area (Å²) in [5.74, 6) is 0.822. The van der Waals surface area contributed by atoms with E-state index in [4.69, 9.17) is 9.15 Å². The van der Waals surface area contributed by atoms with Gasteiger partial charge in [-0.05, 0) is 82.6 Å². The van der Waals surface area contributed by atoms with Crippen LogP contribution >= 0.6 is 0 Å². The third-order valence-electron chi connectivity index (χ3n) is 8.68. The van der Waals surface area contributed by atoms with Gasteiger partial charge in [0.05, 0.1) is 11.1 Å². The number of nitrogens with zero attached hydrogens (tertiary/aromatic N) is 1. The Morgan fingerprint density at radius 2 is 1.18 bits per heavy atom. The van der Waals surface area contributed by atoms with Gasteiger partial charge in [0.15, 0.2) is 12.0 Å². The average Bonchev–Trinajstić information content (AvgIpc) is 3.71. The Bertz CT molecular complexity index is 2330. The molecule has 4 heteroatoms. The van der Waals surface area contributed by atoms with Crippen LogP contribution in [0.2, 0.25) is 0 Å². The number of rotatable bonds is 5. The highest BCUT2D eigenvalue weighted by Crippen LogP contribution is 2.48. The topological polar surface area (TPSA) is 37.6 Å². The first-order chi connectivity index (χ1) is 22.3. The van der Waals surface area contributed by atoms with Gasteiger partial charge in [-0.15, -0.1) is 0 Å². The molecule has 1 unspecified atom stereocenters. The summed E-state index contributed by atoms with van der Waals surface area (Å²) in [6, 6.07) is 55.1. The molecule has 0 spiro atoms. The molecule has 1 aliphatic heterocycles. The van der Waals surface area contributed by atoms with E-state index in [0.29, 0.717) is 0 Å². The second-order valence-electron chi connectivity index (χ2n) is 11.4. The largest absolute Gasteiger partial charge is 0.464 e. The van der Waals surface area contributed by atoms with Crippen molar-refractivity contribution < 1.29 is 9.15 Å². The van der Waals surface area contributed by atoms with Gasteiger partial charge in [0.2, 0.25) is 0 Å². The number of furan rings is 1. The van der Waals surface area contributed by atoms with Gasteiger partial charge in [0, 0.05) is 28.0 Å². The molecule has 1 aliphatic rings. The first-order valence-electron chi connectivity index (χ1n) is 15.2. The average molecular weight is 581 g/mol. The Kier molecular flexibility index (Phi) is 5.85. The summed E-state index contributed by atoms with van der Waals surface area (Å²) in [4.78, 5) is 2.29. The molecular weight excluding hydrogens is 552 g/mol. The van der Waals surface area contributed by atoms with E-state index in [9.17, 15) is 0 Å². The number of fused-ring (bicyclic) bond motifs is 6. The second kappa shape index (κ2) is 10.3. The van der Waals surface area contributed by atoms with E-state index >= 15 is 0 Å². The molecule has 0 amide bonds. The van der Waals surface area contributed by atoms with Crippen molar-refractivity contribution in [2.24, 2.45) is 0 Å². The van der Waals surface area contributed by atoms with Crippen molar-refractivity contribution >= 4 is 55.5 Å². The number of nitrogens with one attached hydrogen (secondary N) is 1. The molecular formula is C41H28N2O2. The Labute approximate surface area is 260 Å². The molecule has 45 heavy (non-hydrogen) atoms. The molecule has 1 N–H and O–H groups in total. The fourth-order valence-electron chi connectivity index (χ4n) is 6.46. The number of hydrogen-bond acceptors (Lipinski definition) is 4. The summed E-state index contributed by atoms with van der Waals surface area (Å²) in [6.45, 7) is 0. The van der Waals surface area contributed by atoms with Gasteiger partial charge >= 0.3 is 0 Å². The van der Waals surface area contributed by atoms with Crippen LogP contribution in [0.4, 0.5) is 22.7 Å². The Balaban J connectivity index is 1.14. The van der Waals surface area contributed by atoms with Crippen LogP contribution in [0.1, 0.15) is 11.8 Å². The standard InChI is InChI=1S/C41H28N2O2/c1-3-10-29(11-4-1)41-42-36-22-24-38-39(40(36)45-41)35-26-34(21-23-37(35)44-38)43(32-13-5-2-6-14-32)33-19-17-28(18-20-33)31-16-15-27-9-7-8-12-30(27)25-31/h1-26,41-42H. The van der Waals surface area contributed by atoms with Gasteiger partial charge in [-0.1, -0.05) is 97.1 Å². The fraction of sp³-hybridized carbons (Fsp3) is 0.0244. The third-order valence-corrected chi connectivity index (χ3v) is 8.68. The van der Waals surface area contributed by atoms with Crippen molar-refractivity contribution in [2.45, 2.75) is 6.23 Å². The summed E-state index contributed by atoms with van der Waals surface area (Å²) in [5.41, 5.74) is 9.26. The van der Waals surface area contributed by atoms with Crippen LogP contribution in [0.15, 0.2) is 162 Å². The lowest BCUT2D eigenvalue weighted by Crippen LogP contribution is -2.09. The van der Waals surface area contributed by atoms with E-state index in [1.165, 1.54) is 21.9 Å². The Morgan fingerprint density at radius 3 is 2.00 bits per heavy atom. The first kappa shape index (κ1) is 25.5. The maximum atomic E-state index is 6.54. The van der Waals surface area contributed by atoms with Crippen molar-refractivity contribution in [3.63, 3.8) is 0 Å². The monoisotopic (exact) mass is 580 g/mol. The molecule has 4 nitrogen and oxygen atoms in total. The van der Waals surface area contributed by atoms with E-state index in [-0.39, 0.29) is 6.23 Å². The van der Waals surface area contributed by atoms with Crippen LogP contribution in [0.25, 0.3) is 43.8 Å². The van der Waals surface area contributed by atoms with Gasteiger partial charge in [0.1, 0.15) is 11.2 Å². The second-order valence-corrected chi connectivity index (χ2v) is 11.4. The van der Waals surface area contributed by atoms with Crippen molar-refractivity contribution in [1.82, 2.24) is 0 Å². The number of ether oxygens (including phenoxy) is 1. The summed E-state index contributed by atoms with van der Waals surface area (Å²) in [5, 5.41) is 8.03. The SMILES string of the molecule is c1ccc(C2Nc3ccc4oc5ccc(N(c6ccccc6)c6ccc(-c7ccc8ccccc8c7)cc6)cc5c4c3O2)cc1. The summed E-state index contributed by atoms with van der Waals surface area (Å²) in [6.07, 6.45) is -0.248. The van der Waals surface area contributed by atoms with Gasteiger partial charge in [-0.2, -0.15) is 0 Å². The molecule has 0 bridgehead atoms. The van der Waals surface area contributed by atoms with E-state index in [1.54, 1.807) is 0 Å². The van der Waals surface area contributed by atoms with Gasteiger partial charge in [-0.25, -0.2) is 0 Å². The maximum absolute atomic E-state index is 6.54. The molecule has 0 fully saturated rings. The third kappa shape index (κ3) is 4.38. The van der Waals surface area contributed by atoms with Crippen molar-refractivity contribution in [3.8, 4) is 16.9 Å². The zero-order valence-corrected chi connectivity index (χ0v) is 24.4. The number of hydrogen-bond donors (Lipinski definition) is 1. The molecule has 1 atom stereocenters. The van der Waals surface area contributed by atoms with Crippen LogP contribution in [0, 0.1) is 0 Å². The molecule has 0 aliphatic carbocycles.